The highest BCUT2D eigenvalue weighted by Gasteiger charge is 2.80. The molecule has 1 aliphatic heterocycles. The Morgan fingerprint density at radius 3 is 2.73 bits per heavy atom. The molecule has 7 nitrogen and oxygen atoms in total. The van der Waals surface area contributed by atoms with Gasteiger partial charge in [-0.3, -0.25) is 9.69 Å². The first-order valence-electron chi connectivity index (χ1n) is 10.2. The third kappa shape index (κ3) is 1.76. The van der Waals surface area contributed by atoms with Crippen LogP contribution >= 0.6 is 0 Å². The molecule has 2 heterocycles. The van der Waals surface area contributed by atoms with Gasteiger partial charge in [0.05, 0.1) is 25.9 Å². The summed E-state index contributed by atoms with van der Waals surface area (Å²) in [7, 11) is 4.98. The molecule has 2 fully saturated rings. The van der Waals surface area contributed by atoms with Crippen LogP contribution in [0.1, 0.15) is 39.2 Å². The zero-order valence-electron chi connectivity index (χ0n) is 17.2. The minimum Gasteiger partial charge on any atom is -0.497 e. The lowest BCUT2D eigenvalue weighted by Crippen LogP contribution is -2.74. The number of carbonyl (C=O) groups excluding carboxylic acids is 1. The van der Waals surface area contributed by atoms with E-state index in [9.17, 15) is 14.7 Å². The van der Waals surface area contributed by atoms with Crippen LogP contribution in [-0.2, 0) is 28.4 Å². The molecule has 0 radical (unpaired) electrons. The number of rotatable bonds is 2. The minimum absolute atomic E-state index is 0.00699. The lowest BCUT2D eigenvalue weighted by Gasteiger charge is -2.61. The van der Waals surface area contributed by atoms with Gasteiger partial charge in [-0.1, -0.05) is 6.07 Å². The highest BCUT2D eigenvalue weighted by Crippen LogP contribution is 2.72. The van der Waals surface area contributed by atoms with E-state index in [1.54, 1.807) is 13.2 Å². The number of pyridine rings is 1. The summed E-state index contributed by atoms with van der Waals surface area (Å²) < 4.78 is 10.3. The van der Waals surface area contributed by atoms with Gasteiger partial charge in [-0.05, 0) is 48.4 Å². The van der Waals surface area contributed by atoms with E-state index in [1.807, 2.05) is 6.07 Å². The Labute approximate surface area is 173 Å². The van der Waals surface area contributed by atoms with Crippen LogP contribution in [0.15, 0.2) is 29.1 Å². The maximum absolute atomic E-state index is 12.6. The van der Waals surface area contributed by atoms with Crippen molar-refractivity contribution >= 4 is 5.97 Å². The van der Waals surface area contributed by atoms with Crippen LogP contribution in [0, 0.1) is 0 Å². The van der Waals surface area contributed by atoms with Gasteiger partial charge in [-0.2, -0.15) is 0 Å². The minimum atomic E-state index is -0.988. The third-order valence-electron chi connectivity index (χ3n) is 8.23. The third-order valence-corrected chi connectivity index (χ3v) is 8.23. The highest BCUT2D eigenvalue weighted by molar-refractivity contribution is 5.89. The summed E-state index contributed by atoms with van der Waals surface area (Å²) >= 11 is 0. The Bertz CT molecular complexity index is 1190. The van der Waals surface area contributed by atoms with Crippen molar-refractivity contribution in [1.82, 2.24) is 9.88 Å². The van der Waals surface area contributed by atoms with Crippen molar-refractivity contribution in [1.29, 1.82) is 0 Å². The summed E-state index contributed by atoms with van der Waals surface area (Å²) in [5.41, 5.74) is 2.02. The molecule has 3 aliphatic carbocycles. The second-order valence-electron chi connectivity index (χ2n) is 9.43. The molecule has 156 valence electrons. The van der Waals surface area contributed by atoms with Crippen molar-refractivity contribution in [3.05, 3.63) is 62.6 Å². The van der Waals surface area contributed by atoms with Crippen LogP contribution in [-0.4, -0.2) is 60.4 Å². The maximum Gasteiger partial charge on any atom is 0.343 e. The SMILES string of the molecule is COC(=O)c1cc2c([nH]c1=O)C[C@@]13CC4(CN(C)[C@H]4[C@]1(O)C2)c1ccc(OC)cc13. The molecule has 1 aromatic heterocycles. The summed E-state index contributed by atoms with van der Waals surface area (Å²) in [6.07, 6.45) is 1.77. The number of ether oxygens (including phenoxy) is 2. The monoisotopic (exact) mass is 408 g/mol. The lowest BCUT2D eigenvalue weighted by atomic mass is 9.55. The second kappa shape index (κ2) is 5.34. The number of likely N-dealkylation sites (tertiary alicyclic amines) is 1. The summed E-state index contributed by atoms with van der Waals surface area (Å²) in [6.45, 7) is 0.904. The topological polar surface area (TPSA) is 91.9 Å². The molecule has 2 aromatic rings. The fourth-order valence-corrected chi connectivity index (χ4v) is 7.35. The highest BCUT2D eigenvalue weighted by atomic mass is 16.5. The molecule has 1 aromatic carbocycles. The summed E-state index contributed by atoms with van der Waals surface area (Å²) in [5, 5.41) is 12.3. The molecule has 7 heteroatoms. The van der Waals surface area contributed by atoms with Crippen LogP contribution in [0.25, 0.3) is 0 Å². The van der Waals surface area contributed by atoms with Crippen LogP contribution in [0.2, 0.25) is 0 Å². The largest absolute Gasteiger partial charge is 0.497 e. The fourth-order valence-electron chi connectivity index (χ4n) is 7.35. The predicted octanol–water partition coefficient (Wildman–Crippen LogP) is 0.907. The van der Waals surface area contributed by atoms with E-state index in [1.165, 1.54) is 12.7 Å². The Hall–Kier alpha value is -2.64. The molecule has 1 saturated carbocycles. The fraction of sp³-hybridized carbons (Fsp3) is 0.478. The van der Waals surface area contributed by atoms with Gasteiger partial charge < -0.3 is 19.6 Å². The molecule has 2 bridgehead atoms. The molecule has 4 aliphatic rings. The standard InChI is InChI=1S/C23H24N2O5/c1-25-11-21-10-22(16-7-13(29-2)4-5-15(16)21)9-17-12(8-23(22,28)20(21)25)6-14(18(26)24-17)19(27)30-3/h4-7,20,28H,8-11H2,1-3H3,(H,24,26)/t20-,21?,22+,23-/m1/s1. The first-order valence-corrected chi connectivity index (χ1v) is 10.2. The van der Waals surface area contributed by atoms with Crippen molar-refractivity contribution in [3.8, 4) is 5.75 Å². The van der Waals surface area contributed by atoms with Gasteiger partial charge in [0.1, 0.15) is 11.3 Å². The van der Waals surface area contributed by atoms with Gasteiger partial charge in [0, 0.05) is 35.9 Å². The van der Waals surface area contributed by atoms with Gasteiger partial charge in [0.25, 0.3) is 5.56 Å². The molecule has 4 atom stereocenters. The van der Waals surface area contributed by atoms with E-state index in [2.05, 4.69) is 29.1 Å². The number of aromatic amines is 1. The summed E-state index contributed by atoms with van der Waals surface area (Å²) in [5.74, 6) is 0.116. The predicted molar refractivity (Wildman–Crippen MR) is 108 cm³/mol. The number of nitrogens with zero attached hydrogens (tertiary/aromatic N) is 1. The van der Waals surface area contributed by atoms with Gasteiger partial charge >= 0.3 is 5.97 Å². The molecular weight excluding hydrogens is 384 g/mol. The van der Waals surface area contributed by atoms with Crippen LogP contribution in [0.4, 0.5) is 0 Å². The second-order valence-corrected chi connectivity index (χ2v) is 9.43. The van der Waals surface area contributed by atoms with Crippen molar-refractivity contribution in [2.75, 3.05) is 27.8 Å². The van der Waals surface area contributed by atoms with E-state index in [0.29, 0.717) is 12.8 Å². The number of hydrogen-bond donors (Lipinski definition) is 2. The van der Waals surface area contributed by atoms with Crippen LogP contribution in [0.3, 0.4) is 0 Å². The number of benzene rings is 1. The smallest absolute Gasteiger partial charge is 0.343 e. The van der Waals surface area contributed by atoms with E-state index >= 15 is 0 Å². The van der Waals surface area contributed by atoms with Crippen LogP contribution in [0.5, 0.6) is 5.75 Å². The quantitative estimate of drug-likeness (QED) is 0.718. The summed E-state index contributed by atoms with van der Waals surface area (Å²) in [6, 6.07) is 7.83. The Morgan fingerprint density at radius 1 is 1.23 bits per heavy atom. The van der Waals surface area contributed by atoms with Gasteiger partial charge in [0.15, 0.2) is 0 Å². The molecule has 6 rings (SSSR count). The average molecular weight is 408 g/mol. The number of methoxy groups -OCH3 is 2. The molecular formula is C23H24N2O5. The number of aromatic nitrogens is 1. The normalized spacial score (nSPS) is 35.0. The Balaban J connectivity index is 1.58. The lowest BCUT2D eigenvalue weighted by molar-refractivity contribution is -0.126. The number of esters is 1. The number of hydrogen-bond acceptors (Lipinski definition) is 6. The van der Waals surface area contributed by atoms with Crippen molar-refractivity contribution < 1.29 is 19.4 Å². The molecule has 1 saturated heterocycles. The molecule has 0 amide bonds. The molecule has 2 spiro atoms. The van der Waals surface area contributed by atoms with Gasteiger partial charge in [-0.25, -0.2) is 4.79 Å². The van der Waals surface area contributed by atoms with Crippen molar-refractivity contribution in [2.45, 2.75) is 41.7 Å². The average Bonchev–Trinajstić information content (AvgIpc) is 3.09. The number of carbonyl (C=O) groups is 1. The van der Waals surface area contributed by atoms with E-state index < -0.39 is 22.5 Å². The van der Waals surface area contributed by atoms with Gasteiger partial charge in [0.2, 0.25) is 0 Å². The van der Waals surface area contributed by atoms with E-state index in [0.717, 1.165) is 35.5 Å². The first kappa shape index (κ1) is 18.2. The van der Waals surface area contributed by atoms with Crippen molar-refractivity contribution in [3.63, 3.8) is 0 Å². The Morgan fingerprint density at radius 2 is 2.03 bits per heavy atom. The number of aliphatic hydroxyl groups is 1. The van der Waals surface area contributed by atoms with E-state index in [4.69, 9.17) is 9.47 Å². The summed E-state index contributed by atoms with van der Waals surface area (Å²) in [4.78, 5) is 29.8. The zero-order chi connectivity index (χ0) is 21.1. The van der Waals surface area contributed by atoms with Crippen molar-refractivity contribution in [2.24, 2.45) is 0 Å². The maximum atomic E-state index is 12.6. The Kier molecular flexibility index (Phi) is 3.23. The van der Waals surface area contributed by atoms with E-state index in [-0.39, 0.29) is 17.0 Å². The molecule has 2 N–H and O–H groups in total. The molecule has 30 heavy (non-hydrogen) atoms. The number of H-pyrrole nitrogens is 1. The van der Waals surface area contributed by atoms with Gasteiger partial charge in [-0.15, -0.1) is 0 Å². The molecule has 1 unspecified atom stereocenters. The van der Waals surface area contributed by atoms with Crippen LogP contribution < -0.4 is 10.3 Å². The number of likely N-dealkylation sites (N-methyl/N-ethyl adjacent to an activating group) is 1. The first-order chi connectivity index (χ1) is 14.3. The number of fused-ring (bicyclic) bond motifs is 3. The zero-order valence-corrected chi connectivity index (χ0v) is 17.2. The number of nitrogens with one attached hydrogen (secondary N) is 1.